The number of hydrogen-bond donors (Lipinski definition) is 0. The van der Waals surface area contributed by atoms with Gasteiger partial charge in [0.15, 0.2) is 4.80 Å². The van der Waals surface area contributed by atoms with Gasteiger partial charge in [0.1, 0.15) is 5.75 Å². The largest absolute Gasteiger partial charge is 0.497 e. The summed E-state index contributed by atoms with van der Waals surface area (Å²) in [5, 5.41) is 2.21. The zero-order chi connectivity index (χ0) is 19.9. The number of para-hydroxylation sites is 1. The molecule has 7 heteroatoms. The standard InChI is InChI=1S/C23H27N3O2S.BrH/c1-27-21-10-8-19(9-11-21)22-18-29-23(24-20-6-3-2-4-7-20)26(22)13-5-12-25-14-16-28-17-15-25;/h2-4,6-11,18H,5,12-17H2,1H3;1H. The fourth-order valence-corrected chi connectivity index (χ4v) is 4.47. The van der Waals surface area contributed by atoms with Gasteiger partial charge in [-0.15, -0.1) is 28.3 Å². The van der Waals surface area contributed by atoms with E-state index in [4.69, 9.17) is 14.5 Å². The summed E-state index contributed by atoms with van der Waals surface area (Å²) in [5.74, 6) is 0.872. The van der Waals surface area contributed by atoms with E-state index in [0.717, 1.165) is 62.1 Å². The van der Waals surface area contributed by atoms with Gasteiger partial charge in [-0.1, -0.05) is 18.2 Å². The van der Waals surface area contributed by atoms with Gasteiger partial charge in [-0.2, -0.15) is 0 Å². The maximum atomic E-state index is 5.46. The molecule has 0 aliphatic carbocycles. The van der Waals surface area contributed by atoms with Crippen LogP contribution in [0.4, 0.5) is 5.69 Å². The van der Waals surface area contributed by atoms with Gasteiger partial charge >= 0.3 is 0 Å². The zero-order valence-electron chi connectivity index (χ0n) is 17.2. The third-order valence-electron chi connectivity index (χ3n) is 5.12. The van der Waals surface area contributed by atoms with E-state index >= 15 is 0 Å². The van der Waals surface area contributed by atoms with Crippen LogP contribution in [0.3, 0.4) is 0 Å². The molecule has 0 amide bonds. The third kappa shape index (κ3) is 5.82. The average Bonchev–Trinajstić information content (AvgIpc) is 3.17. The Morgan fingerprint density at radius 2 is 1.73 bits per heavy atom. The van der Waals surface area contributed by atoms with E-state index in [1.165, 1.54) is 11.3 Å². The van der Waals surface area contributed by atoms with E-state index in [1.807, 2.05) is 42.5 Å². The van der Waals surface area contributed by atoms with E-state index in [-0.39, 0.29) is 17.0 Å². The summed E-state index contributed by atoms with van der Waals surface area (Å²) in [4.78, 5) is 8.42. The molecule has 0 atom stereocenters. The molecule has 2 aromatic carbocycles. The van der Waals surface area contributed by atoms with Gasteiger partial charge < -0.3 is 14.0 Å². The Bertz CT molecular complexity index is 964. The molecule has 1 aliphatic heterocycles. The normalized spacial score (nSPS) is 15.0. The van der Waals surface area contributed by atoms with E-state index in [2.05, 4.69) is 27.0 Å². The van der Waals surface area contributed by atoms with Crippen LogP contribution in [0.25, 0.3) is 11.3 Å². The SMILES string of the molecule is Br.COc1ccc(-c2csc(=Nc3ccccc3)n2CCCN2CCOCC2)cc1. The Hall–Kier alpha value is -1.93. The first-order valence-electron chi connectivity index (χ1n) is 10.1. The van der Waals surface area contributed by atoms with Gasteiger partial charge in [-0.25, -0.2) is 4.99 Å². The van der Waals surface area contributed by atoms with Crippen LogP contribution in [-0.4, -0.2) is 49.4 Å². The number of rotatable bonds is 7. The van der Waals surface area contributed by atoms with E-state index in [9.17, 15) is 0 Å². The number of hydrogen-bond acceptors (Lipinski definition) is 5. The summed E-state index contributed by atoms with van der Waals surface area (Å²) in [6.45, 7) is 5.77. The predicted octanol–water partition coefficient (Wildman–Crippen LogP) is 4.76. The molecule has 4 rings (SSSR count). The molecule has 0 saturated carbocycles. The lowest BCUT2D eigenvalue weighted by molar-refractivity contribution is 0.0369. The fourth-order valence-electron chi connectivity index (χ4n) is 3.52. The monoisotopic (exact) mass is 489 g/mol. The fraction of sp³-hybridized carbons (Fsp3) is 0.348. The first-order chi connectivity index (χ1) is 14.3. The summed E-state index contributed by atoms with van der Waals surface area (Å²) in [7, 11) is 1.70. The van der Waals surface area contributed by atoms with Gasteiger partial charge in [-0.05, 0) is 48.4 Å². The molecule has 1 aliphatic rings. The van der Waals surface area contributed by atoms with E-state index < -0.39 is 0 Å². The molecule has 160 valence electrons. The number of ether oxygens (including phenoxy) is 2. The van der Waals surface area contributed by atoms with Crippen molar-refractivity contribution < 1.29 is 9.47 Å². The van der Waals surface area contributed by atoms with Crippen molar-refractivity contribution in [3.63, 3.8) is 0 Å². The molecule has 2 heterocycles. The maximum absolute atomic E-state index is 5.46. The number of nitrogens with zero attached hydrogens (tertiary/aromatic N) is 3. The second-order valence-corrected chi connectivity index (χ2v) is 7.88. The van der Waals surface area contributed by atoms with E-state index in [0.29, 0.717) is 0 Å². The Morgan fingerprint density at radius 1 is 1.00 bits per heavy atom. The molecule has 30 heavy (non-hydrogen) atoms. The quantitative estimate of drug-likeness (QED) is 0.480. The molecule has 0 radical (unpaired) electrons. The number of aromatic nitrogens is 1. The van der Waals surface area contributed by atoms with Crippen LogP contribution in [-0.2, 0) is 11.3 Å². The lowest BCUT2D eigenvalue weighted by Crippen LogP contribution is -2.37. The molecule has 3 aromatic rings. The van der Waals surface area contributed by atoms with Crippen molar-refractivity contribution in [1.29, 1.82) is 0 Å². The Balaban J connectivity index is 0.00000256. The van der Waals surface area contributed by atoms with Crippen molar-refractivity contribution in [2.45, 2.75) is 13.0 Å². The molecule has 5 nitrogen and oxygen atoms in total. The molecule has 0 unspecified atom stereocenters. The highest BCUT2D eigenvalue weighted by molar-refractivity contribution is 8.93. The Kier molecular flexibility index (Phi) is 8.69. The summed E-state index contributed by atoms with van der Waals surface area (Å²) < 4.78 is 13.1. The van der Waals surface area contributed by atoms with Crippen molar-refractivity contribution in [3.8, 4) is 17.0 Å². The van der Waals surface area contributed by atoms with Crippen LogP contribution in [0.1, 0.15) is 6.42 Å². The number of methoxy groups -OCH3 is 1. The Morgan fingerprint density at radius 3 is 2.43 bits per heavy atom. The molecule has 0 N–H and O–H groups in total. The highest BCUT2D eigenvalue weighted by atomic mass is 79.9. The molecule has 1 aromatic heterocycles. The highest BCUT2D eigenvalue weighted by Crippen LogP contribution is 2.24. The van der Waals surface area contributed by atoms with Crippen LogP contribution in [0.15, 0.2) is 65.0 Å². The van der Waals surface area contributed by atoms with Gasteiger partial charge in [0.25, 0.3) is 0 Å². The first kappa shape index (κ1) is 22.7. The zero-order valence-corrected chi connectivity index (χ0v) is 19.7. The van der Waals surface area contributed by atoms with Crippen LogP contribution in [0, 0.1) is 0 Å². The van der Waals surface area contributed by atoms with Crippen molar-refractivity contribution in [2.75, 3.05) is 40.0 Å². The minimum absolute atomic E-state index is 0. The molecule has 0 bridgehead atoms. The van der Waals surface area contributed by atoms with Crippen LogP contribution in [0.5, 0.6) is 5.75 Å². The lowest BCUT2D eigenvalue weighted by atomic mass is 10.1. The van der Waals surface area contributed by atoms with Gasteiger partial charge in [-0.3, -0.25) is 4.90 Å². The van der Waals surface area contributed by atoms with E-state index in [1.54, 1.807) is 18.4 Å². The molecule has 1 fully saturated rings. The first-order valence-corrected chi connectivity index (χ1v) is 10.9. The van der Waals surface area contributed by atoms with Crippen molar-refractivity contribution in [1.82, 2.24) is 9.47 Å². The molecular weight excluding hydrogens is 462 g/mol. The van der Waals surface area contributed by atoms with Gasteiger partial charge in [0, 0.05) is 31.6 Å². The Labute approximate surface area is 192 Å². The molecule has 1 saturated heterocycles. The minimum atomic E-state index is 0. The summed E-state index contributed by atoms with van der Waals surface area (Å²) in [6, 6.07) is 18.4. The number of morpholine rings is 1. The van der Waals surface area contributed by atoms with Crippen LogP contribution < -0.4 is 9.54 Å². The summed E-state index contributed by atoms with van der Waals surface area (Å²) >= 11 is 1.69. The lowest BCUT2D eigenvalue weighted by Gasteiger charge is -2.26. The molecule has 0 spiro atoms. The number of halogens is 1. The minimum Gasteiger partial charge on any atom is -0.497 e. The number of benzene rings is 2. The van der Waals surface area contributed by atoms with Gasteiger partial charge in [0.2, 0.25) is 0 Å². The smallest absolute Gasteiger partial charge is 0.190 e. The maximum Gasteiger partial charge on any atom is 0.190 e. The second kappa shape index (κ2) is 11.5. The van der Waals surface area contributed by atoms with Crippen molar-refractivity contribution in [3.05, 3.63) is 64.8 Å². The highest BCUT2D eigenvalue weighted by Gasteiger charge is 2.12. The van der Waals surface area contributed by atoms with Crippen LogP contribution >= 0.6 is 28.3 Å². The van der Waals surface area contributed by atoms with Crippen molar-refractivity contribution in [2.24, 2.45) is 4.99 Å². The summed E-state index contributed by atoms with van der Waals surface area (Å²) in [5.41, 5.74) is 3.37. The molecular formula is C23H28BrN3O2S. The van der Waals surface area contributed by atoms with Crippen LogP contribution in [0.2, 0.25) is 0 Å². The average molecular weight is 490 g/mol. The summed E-state index contributed by atoms with van der Waals surface area (Å²) in [6.07, 6.45) is 1.09. The predicted molar refractivity (Wildman–Crippen MR) is 128 cm³/mol. The number of thiazole rings is 1. The van der Waals surface area contributed by atoms with Gasteiger partial charge in [0.05, 0.1) is 31.7 Å². The topological polar surface area (TPSA) is 39.0 Å². The third-order valence-corrected chi connectivity index (χ3v) is 5.99. The van der Waals surface area contributed by atoms with Crippen molar-refractivity contribution >= 4 is 34.0 Å². The second-order valence-electron chi connectivity index (χ2n) is 7.04.